The van der Waals surface area contributed by atoms with Crippen molar-refractivity contribution in [2.75, 3.05) is 19.6 Å². The molecule has 3 aromatic carbocycles. The molecular weight excluding hydrogens is 387 g/mol. The van der Waals surface area contributed by atoms with Gasteiger partial charge in [-0.3, -0.25) is 4.79 Å². The number of nitrogens with zero attached hydrogens (tertiary/aromatic N) is 1. The molecular formula is C27H27FN2O. The summed E-state index contributed by atoms with van der Waals surface area (Å²) in [6.07, 6.45) is 2.74. The standard InChI is InChI=1S/C27H27FN2O/c28-22-11-9-19(10-12-22)13-15-30-16-14-23(18-30)29-27(31)26-24-7-3-1-5-20(24)17-21-6-2-4-8-25(21)26/h1-12,23,26H,13-18H2,(H,29,31)/t23-/m0/s1. The second-order valence-electron chi connectivity index (χ2n) is 8.68. The lowest BCUT2D eigenvalue weighted by atomic mass is 9.77. The van der Waals surface area contributed by atoms with Crippen molar-refractivity contribution in [2.24, 2.45) is 0 Å². The predicted octanol–water partition coefficient (Wildman–Crippen LogP) is 4.30. The Bertz CT molecular complexity index is 1030. The Morgan fingerprint density at radius 1 is 0.935 bits per heavy atom. The molecule has 3 aromatic rings. The molecule has 31 heavy (non-hydrogen) atoms. The zero-order valence-electron chi connectivity index (χ0n) is 17.6. The average molecular weight is 415 g/mol. The Balaban J connectivity index is 1.24. The van der Waals surface area contributed by atoms with Crippen molar-refractivity contribution >= 4 is 5.91 Å². The van der Waals surface area contributed by atoms with E-state index in [1.807, 2.05) is 24.3 Å². The number of amides is 1. The van der Waals surface area contributed by atoms with E-state index in [4.69, 9.17) is 0 Å². The maximum absolute atomic E-state index is 13.4. The van der Waals surface area contributed by atoms with E-state index in [9.17, 15) is 9.18 Å². The van der Waals surface area contributed by atoms with Crippen LogP contribution in [-0.4, -0.2) is 36.5 Å². The first-order valence-corrected chi connectivity index (χ1v) is 11.1. The molecule has 0 spiro atoms. The highest BCUT2D eigenvalue weighted by Crippen LogP contribution is 2.36. The molecule has 0 aromatic heterocycles. The molecule has 1 heterocycles. The number of carbonyl (C=O) groups is 1. The van der Waals surface area contributed by atoms with E-state index < -0.39 is 0 Å². The summed E-state index contributed by atoms with van der Waals surface area (Å²) in [5.74, 6) is -0.335. The lowest BCUT2D eigenvalue weighted by Gasteiger charge is -2.28. The van der Waals surface area contributed by atoms with Crippen molar-refractivity contribution in [2.45, 2.75) is 31.2 Å². The fourth-order valence-corrected chi connectivity index (χ4v) is 4.99. The van der Waals surface area contributed by atoms with E-state index in [2.05, 4.69) is 46.6 Å². The van der Waals surface area contributed by atoms with Crippen molar-refractivity contribution in [3.05, 3.63) is 106 Å². The van der Waals surface area contributed by atoms with Gasteiger partial charge in [-0.2, -0.15) is 0 Å². The summed E-state index contributed by atoms with van der Waals surface area (Å²) < 4.78 is 13.1. The SMILES string of the molecule is O=C(N[C@H]1CCN(CCc2ccc(F)cc2)C1)C1c2ccccc2Cc2ccccc21. The molecule has 1 N–H and O–H groups in total. The summed E-state index contributed by atoms with van der Waals surface area (Å²) in [7, 11) is 0. The van der Waals surface area contributed by atoms with Gasteiger partial charge in [0.25, 0.3) is 0 Å². The predicted molar refractivity (Wildman–Crippen MR) is 121 cm³/mol. The van der Waals surface area contributed by atoms with Crippen LogP contribution < -0.4 is 5.32 Å². The Morgan fingerprint density at radius 2 is 1.58 bits per heavy atom. The van der Waals surface area contributed by atoms with Gasteiger partial charge in [0, 0.05) is 25.7 Å². The van der Waals surface area contributed by atoms with Crippen LogP contribution in [0.4, 0.5) is 4.39 Å². The number of benzene rings is 3. The normalized spacial score (nSPS) is 18.4. The molecule has 1 atom stereocenters. The van der Waals surface area contributed by atoms with Gasteiger partial charge in [0.1, 0.15) is 5.82 Å². The monoisotopic (exact) mass is 414 g/mol. The van der Waals surface area contributed by atoms with Crippen LogP contribution in [0.15, 0.2) is 72.8 Å². The van der Waals surface area contributed by atoms with Gasteiger partial charge in [0.05, 0.1) is 5.92 Å². The number of likely N-dealkylation sites (tertiary alicyclic amines) is 1. The zero-order chi connectivity index (χ0) is 21.2. The molecule has 3 nitrogen and oxygen atoms in total. The Hall–Kier alpha value is -2.98. The van der Waals surface area contributed by atoms with Gasteiger partial charge in [0.2, 0.25) is 5.91 Å². The van der Waals surface area contributed by atoms with Crippen LogP contribution in [0.5, 0.6) is 0 Å². The van der Waals surface area contributed by atoms with Gasteiger partial charge >= 0.3 is 0 Å². The first kappa shape index (κ1) is 20.0. The van der Waals surface area contributed by atoms with Crippen molar-refractivity contribution in [1.82, 2.24) is 10.2 Å². The molecule has 1 aliphatic carbocycles. The van der Waals surface area contributed by atoms with Crippen LogP contribution in [-0.2, 0) is 17.6 Å². The minimum Gasteiger partial charge on any atom is -0.351 e. The zero-order valence-corrected chi connectivity index (χ0v) is 17.6. The highest BCUT2D eigenvalue weighted by atomic mass is 19.1. The van der Waals surface area contributed by atoms with Gasteiger partial charge in [-0.25, -0.2) is 4.39 Å². The van der Waals surface area contributed by atoms with Crippen molar-refractivity contribution in [3.63, 3.8) is 0 Å². The highest BCUT2D eigenvalue weighted by Gasteiger charge is 2.33. The molecule has 4 heteroatoms. The maximum Gasteiger partial charge on any atom is 0.232 e. The van der Waals surface area contributed by atoms with Crippen LogP contribution in [0, 0.1) is 5.82 Å². The van der Waals surface area contributed by atoms with Crippen molar-refractivity contribution < 1.29 is 9.18 Å². The summed E-state index contributed by atoms with van der Waals surface area (Å²) in [4.78, 5) is 15.8. The topological polar surface area (TPSA) is 32.3 Å². The maximum atomic E-state index is 13.4. The van der Waals surface area contributed by atoms with Crippen LogP contribution in [0.2, 0.25) is 0 Å². The van der Waals surface area contributed by atoms with Crippen LogP contribution in [0.25, 0.3) is 0 Å². The van der Waals surface area contributed by atoms with Gasteiger partial charge in [0.15, 0.2) is 0 Å². The van der Waals surface area contributed by atoms with Gasteiger partial charge in [-0.05, 0) is 59.2 Å². The van der Waals surface area contributed by atoms with Crippen LogP contribution in [0.1, 0.15) is 40.2 Å². The number of fused-ring (bicyclic) bond motifs is 2. The van der Waals surface area contributed by atoms with E-state index in [0.29, 0.717) is 0 Å². The number of hydrogen-bond acceptors (Lipinski definition) is 2. The molecule has 158 valence electrons. The molecule has 0 saturated carbocycles. The van der Waals surface area contributed by atoms with Gasteiger partial charge < -0.3 is 10.2 Å². The lowest BCUT2D eigenvalue weighted by Crippen LogP contribution is -2.41. The van der Waals surface area contributed by atoms with Gasteiger partial charge in [-0.15, -0.1) is 0 Å². The number of hydrogen-bond donors (Lipinski definition) is 1. The second kappa shape index (κ2) is 8.64. The summed E-state index contributed by atoms with van der Waals surface area (Å²) in [5.41, 5.74) is 5.89. The molecule has 1 fully saturated rings. The van der Waals surface area contributed by atoms with E-state index in [1.54, 1.807) is 0 Å². The second-order valence-corrected chi connectivity index (χ2v) is 8.68. The van der Waals surface area contributed by atoms with E-state index >= 15 is 0 Å². The third-order valence-electron chi connectivity index (χ3n) is 6.62. The average Bonchev–Trinajstić information content (AvgIpc) is 3.24. The molecule has 0 bridgehead atoms. The number of nitrogens with one attached hydrogen (secondary N) is 1. The summed E-state index contributed by atoms with van der Waals surface area (Å²) in [5, 5.41) is 3.34. The molecule has 2 aliphatic rings. The first-order chi connectivity index (χ1) is 15.2. The minimum atomic E-state index is -0.241. The van der Waals surface area contributed by atoms with E-state index in [-0.39, 0.29) is 23.7 Å². The summed E-state index contributed by atoms with van der Waals surface area (Å²) in [6.45, 7) is 2.76. The lowest BCUT2D eigenvalue weighted by molar-refractivity contribution is -0.122. The smallest absolute Gasteiger partial charge is 0.232 e. The third-order valence-corrected chi connectivity index (χ3v) is 6.62. The quantitative estimate of drug-likeness (QED) is 0.675. The van der Waals surface area contributed by atoms with E-state index in [1.165, 1.54) is 23.3 Å². The van der Waals surface area contributed by atoms with E-state index in [0.717, 1.165) is 55.6 Å². The summed E-state index contributed by atoms with van der Waals surface area (Å²) >= 11 is 0. The number of rotatable bonds is 5. The molecule has 5 rings (SSSR count). The fraction of sp³-hybridized carbons (Fsp3) is 0.296. The van der Waals surface area contributed by atoms with Crippen molar-refractivity contribution in [3.8, 4) is 0 Å². The molecule has 1 saturated heterocycles. The fourth-order valence-electron chi connectivity index (χ4n) is 4.99. The minimum absolute atomic E-state index is 0.102. The van der Waals surface area contributed by atoms with Crippen molar-refractivity contribution in [1.29, 1.82) is 0 Å². The largest absolute Gasteiger partial charge is 0.351 e. The number of carbonyl (C=O) groups excluding carboxylic acids is 1. The third kappa shape index (κ3) is 4.26. The number of halogens is 1. The first-order valence-electron chi connectivity index (χ1n) is 11.1. The Labute approximate surface area is 182 Å². The molecule has 0 unspecified atom stereocenters. The Morgan fingerprint density at radius 3 is 2.26 bits per heavy atom. The van der Waals surface area contributed by atoms with Crippen LogP contribution >= 0.6 is 0 Å². The molecule has 1 amide bonds. The molecule has 1 aliphatic heterocycles. The molecule has 0 radical (unpaired) electrons. The Kier molecular flexibility index (Phi) is 5.56. The van der Waals surface area contributed by atoms with Gasteiger partial charge in [-0.1, -0.05) is 60.7 Å². The summed E-state index contributed by atoms with van der Waals surface area (Å²) in [6, 6.07) is 23.5. The van der Waals surface area contributed by atoms with Crippen LogP contribution in [0.3, 0.4) is 0 Å². The highest BCUT2D eigenvalue weighted by molar-refractivity contribution is 5.89.